The lowest BCUT2D eigenvalue weighted by atomic mass is 10.2. The number of aliphatic carboxylic acids is 1. The van der Waals surface area contributed by atoms with Crippen LogP contribution in [0.3, 0.4) is 0 Å². The maximum absolute atomic E-state index is 12.6. The van der Waals surface area contributed by atoms with Crippen LogP contribution >= 0.6 is 34.7 Å². The molecule has 1 atom stereocenters. The van der Waals surface area contributed by atoms with Gasteiger partial charge in [-0.1, -0.05) is 29.8 Å². The highest BCUT2D eigenvalue weighted by molar-refractivity contribution is 8.00. The fourth-order valence-electron chi connectivity index (χ4n) is 2.53. The number of carboxylic acid groups (broad SMARTS) is 1. The Morgan fingerprint density at radius 2 is 1.88 bits per heavy atom. The minimum atomic E-state index is -1.20. The number of amides is 2. The van der Waals surface area contributed by atoms with Crippen molar-refractivity contribution in [3.05, 3.63) is 71.1 Å². The zero-order valence-corrected chi connectivity index (χ0v) is 19.1. The molecule has 2 aromatic carbocycles. The van der Waals surface area contributed by atoms with E-state index in [0.717, 1.165) is 28.3 Å². The van der Waals surface area contributed by atoms with Crippen LogP contribution in [0.2, 0.25) is 5.02 Å². The van der Waals surface area contributed by atoms with E-state index >= 15 is 0 Å². The number of nitrogens with zero attached hydrogens (tertiary/aromatic N) is 1. The monoisotopic (exact) mass is 487 g/mol. The first kappa shape index (κ1) is 23.5. The third-order valence-electron chi connectivity index (χ3n) is 4.04. The Bertz CT molecular complexity index is 1160. The summed E-state index contributed by atoms with van der Waals surface area (Å²) in [5, 5.41) is 16.6. The number of halogens is 1. The fraction of sp³-hybridized carbons (Fsp3) is 0.0909. The molecule has 0 fully saturated rings. The lowest BCUT2D eigenvalue weighted by molar-refractivity contribution is -0.131. The summed E-state index contributed by atoms with van der Waals surface area (Å²) in [4.78, 5) is 40.1. The van der Waals surface area contributed by atoms with Gasteiger partial charge in [-0.3, -0.25) is 9.59 Å². The molecular formula is C22H18ClN3O4S2. The van der Waals surface area contributed by atoms with E-state index in [0.29, 0.717) is 15.8 Å². The molecule has 3 N–H and O–H groups in total. The maximum atomic E-state index is 12.6. The van der Waals surface area contributed by atoms with E-state index in [4.69, 9.17) is 16.7 Å². The second kappa shape index (κ2) is 10.9. The predicted molar refractivity (Wildman–Crippen MR) is 128 cm³/mol. The molecule has 0 aliphatic heterocycles. The summed E-state index contributed by atoms with van der Waals surface area (Å²) in [6.45, 7) is 1.77. The number of aromatic nitrogens is 1. The van der Waals surface area contributed by atoms with Crippen LogP contribution in [0.5, 0.6) is 0 Å². The molecule has 0 aliphatic carbocycles. The van der Waals surface area contributed by atoms with Crippen molar-refractivity contribution in [2.24, 2.45) is 0 Å². The number of carboxylic acids is 1. The van der Waals surface area contributed by atoms with Gasteiger partial charge in [-0.25, -0.2) is 9.78 Å². The van der Waals surface area contributed by atoms with E-state index in [1.165, 1.54) is 23.1 Å². The zero-order valence-electron chi connectivity index (χ0n) is 16.7. The van der Waals surface area contributed by atoms with Gasteiger partial charge in [0.2, 0.25) is 11.8 Å². The topological polar surface area (TPSA) is 108 Å². The third-order valence-corrected chi connectivity index (χ3v) is 6.14. The molecule has 164 valence electrons. The second-order valence-electron chi connectivity index (χ2n) is 6.48. The summed E-state index contributed by atoms with van der Waals surface area (Å²) in [5.74, 6) is -1.96. The van der Waals surface area contributed by atoms with E-state index in [-0.39, 0.29) is 5.91 Å². The standard InChI is InChI=1S/C22H18ClN3O4S2/c1-13(32-17-4-2-3-16(11-17)24-19(27)9-10-20(28)29)21(30)26-22-25-18(12-31-22)14-5-7-15(23)8-6-14/h2-13H,1H3,(H,24,27)(H,28,29)(H,25,26,30)/b10-9+. The van der Waals surface area contributed by atoms with Crippen molar-refractivity contribution in [3.63, 3.8) is 0 Å². The van der Waals surface area contributed by atoms with Crippen molar-refractivity contribution >= 4 is 63.3 Å². The quantitative estimate of drug-likeness (QED) is 0.299. The SMILES string of the molecule is CC(Sc1cccc(NC(=O)/C=C/C(=O)O)c1)C(=O)Nc1nc(-c2ccc(Cl)cc2)cs1. The number of carbonyl (C=O) groups excluding carboxylic acids is 2. The summed E-state index contributed by atoms with van der Waals surface area (Å²) in [6, 6.07) is 14.2. The molecule has 0 radical (unpaired) electrons. The summed E-state index contributed by atoms with van der Waals surface area (Å²) < 4.78 is 0. The normalized spacial score (nSPS) is 11.8. The first-order chi connectivity index (χ1) is 15.3. The van der Waals surface area contributed by atoms with Crippen LogP contribution in [0, 0.1) is 0 Å². The Kier molecular flexibility index (Phi) is 8.04. The van der Waals surface area contributed by atoms with Crippen LogP contribution in [0.1, 0.15) is 6.92 Å². The Morgan fingerprint density at radius 1 is 1.12 bits per heavy atom. The molecule has 32 heavy (non-hydrogen) atoms. The molecule has 0 bridgehead atoms. The van der Waals surface area contributed by atoms with Gasteiger partial charge in [0.1, 0.15) is 0 Å². The van der Waals surface area contributed by atoms with Crippen LogP contribution in [0.25, 0.3) is 11.3 Å². The minimum Gasteiger partial charge on any atom is -0.478 e. The van der Waals surface area contributed by atoms with Crippen molar-refractivity contribution < 1.29 is 19.5 Å². The Morgan fingerprint density at radius 3 is 2.59 bits per heavy atom. The average molecular weight is 488 g/mol. The number of hydrogen-bond donors (Lipinski definition) is 3. The number of hydrogen-bond acceptors (Lipinski definition) is 6. The van der Waals surface area contributed by atoms with Crippen molar-refractivity contribution in [2.45, 2.75) is 17.1 Å². The third kappa shape index (κ3) is 6.94. The zero-order chi connectivity index (χ0) is 23.1. The molecule has 1 aromatic heterocycles. The Hall–Kier alpha value is -3.14. The molecule has 0 saturated heterocycles. The number of thiazole rings is 1. The molecule has 0 aliphatic rings. The number of rotatable bonds is 8. The summed E-state index contributed by atoms with van der Waals surface area (Å²) in [7, 11) is 0. The lowest BCUT2D eigenvalue weighted by Crippen LogP contribution is -2.22. The molecule has 1 unspecified atom stereocenters. The fourth-order valence-corrected chi connectivity index (χ4v) is 4.30. The smallest absolute Gasteiger partial charge is 0.328 e. The van der Waals surface area contributed by atoms with E-state index in [1.807, 2.05) is 23.6 Å². The second-order valence-corrected chi connectivity index (χ2v) is 9.19. The van der Waals surface area contributed by atoms with Crippen molar-refractivity contribution in [1.82, 2.24) is 4.98 Å². The Labute approximate surface area is 197 Å². The summed E-state index contributed by atoms with van der Waals surface area (Å²) >= 11 is 8.57. The van der Waals surface area contributed by atoms with Gasteiger partial charge >= 0.3 is 5.97 Å². The lowest BCUT2D eigenvalue weighted by Gasteiger charge is -2.11. The van der Waals surface area contributed by atoms with Crippen LogP contribution in [0.4, 0.5) is 10.8 Å². The summed E-state index contributed by atoms with van der Waals surface area (Å²) in [5.41, 5.74) is 2.16. The maximum Gasteiger partial charge on any atom is 0.328 e. The van der Waals surface area contributed by atoms with Gasteiger partial charge in [0.15, 0.2) is 5.13 Å². The van der Waals surface area contributed by atoms with E-state index in [9.17, 15) is 14.4 Å². The predicted octanol–water partition coefficient (Wildman–Crippen LogP) is 5.16. The number of anilines is 2. The highest BCUT2D eigenvalue weighted by Crippen LogP contribution is 2.29. The molecular weight excluding hydrogens is 470 g/mol. The molecule has 1 heterocycles. The van der Waals surface area contributed by atoms with Gasteiger partial charge < -0.3 is 15.7 Å². The van der Waals surface area contributed by atoms with Gasteiger partial charge in [-0.15, -0.1) is 23.1 Å². The molecule has 7 nitrogen and oxygen atoms in total. The highest BCUT2D eigenvalue weighted by atomic mass is 35.5. The largest absolute Gasteiger partial charge is 0.478 e. The highest BCUT2D eigenvalue weighted by Gasteiger charge is 2.17. The van der Waals surface area contributed by atoms with Crippen LogP contribution in [-0.2, 0) is 14.4 Å². The first-order valence-corrected chi connectivity index (χ1v) is 11.4. The minimum absolute atomic E-state index is 0.203. The number of nitrogens with one attached hydrogen (secondary N) is 2. The Balaban J connectivity index is 1.58. The van der Waals surface area contributed by atoms with Crippen molar-refractivity contribution in [1.29, 1.82) is 0 Å². The number of thioether (sulfide) groups is 1. The van der Waals surface area contributed by atoms with Crippen LogP contribution in [-0.4, -0.2) is 33.1 Å². The molecule has 0 spiro atoms. The van der Waals surface area contributed by atoms with Gasteiger partial charge in [-0.05, 0) is 37.3 Å². The van der Waals surface area contributed by atoms with E-state index in [2.05, 4.69) is 15.6 Å². The van der Waals surface area contributed by atoms with E-state index < -0.39 is 17.1 Å². The van der Waals surface area contributed by atoms with Gasteiger partial charge in [0.05, 0.1) is 10.9 Å². The van der Waals surface area contributed by atoms with Gasteiger partial charge in [-0.2, -0.15) is 0 Å². The van der Waals surface area contributed by atoms with Gasteiger partial charge in [0, 0.05) is 38.7 Å². The first-order valence-electron chi connectivity index (χ1n) is 9.31. The van der Waals surface area contributed by atoms with Crippen molar-refractivity contribution in [2.75, 3.05) is 10.6 Å². The van der Waals surface area contributed by atoms with Crippen molar-refractivity contribution in [3.8, 4) is 11.3 Å². The molecule has 3 aromatic rings. The van der Waals surface area contributed by atoms with Crippen LogP contribution < -0.4 is 10.6 Å². The van der Waals surface area contributed by atoms with E-state index in [1.54, 1.807) is 37.3 Å². The van der Waals surface area contributed by atoms with Gasteiger partial charge in [0.25, 0.3) is 0 Å². The molecule has 10 heteroatoms. The molecule has 2 amide bonds. The number of benzene rings is 2. The summed E-state index contributed by atoms with van der Waals surface area (Å²) in [6.07, 6.45) is 1.70. The average Bonchev–Trinajstić information content (AvgIpc) is 3.21. The van der Waals surface area contributed by atoms with Crippen LogP contribution in [0.15, 0.2) is 71.0 Å². The molecule has 3 rings (SSSR count). The molecule has 0 saturated carbocycles. The number of carbonyl (C=O) groups is 3.